The maximum Gasteiger partial charge on any atom is 0.283 e. The van der Waals surface area contributed by atoms with Gasteiger partial charge in [-0.1, -0.05) is 13.8 Å². The predicted molar refractivity (Wildman–Crippen MR) is 82.4 cm³/mol. The first kappa shape index (κ1) is 16.2. The Balaban J connectivity index is 3.05. The Morgan fingerprint density at radius 3 is 2.68 bits per heavy atom. The molecule has 0 aliphatic heterocycles. The van der Waals surface area contributed by atoms with E-state index in [0.29, 0.717) is 29.2 Å². The second-order valence-electron chi connectivity index (χ2n) is 5.48. The smallest absolute Gasteiger partial charge is 0.283 e. The molecular weight excluding hydrogens is 308 g/mol. The summed E-state index contributed by atoms with van der Waals surface area (Å²) in [5, 5.41) is 7.48. The summed E-state index contributed by atoms with van der Waals surface area (Å²) in [5.74, 6) is 0.517. The molecule has 6 heteroatoms. The van der Waals surface area contributed by atoms with Gasteiger partial charge < -0.3 is 11.1 Å². The van der Waals surface area contributed by atoms with Crippen LogP contribution in [0.15, 0.2) is 15.5 Å². The zero-order valence-electron chi connectivity index (χ0n) is 12.0. The van der Waals surface area contributed by atoms with E-state index in [1.54, 1.807) is 6.20 Å². The molecule has 0 aromatic carbocycles. The van der Waals surface area contributed by atoms with Crippen LogP contribution in [0.3, 0.4) is 0 Å². The van der Waals surface area contributed by atoms with Crippen LogP contribution in [0.1, 0.15) is 34.1 Å². The highest BCUT2D eigenvalue weighted by molar-refractivity contribution is 9.10. The van der Waals surface area contributed by atoms with Gasteiger partial charge in [0.15, 0.2) is 0 Å². The Bertz CT molecular complexity index is 486. The molecule has 0 fully saturated rings. The molecule has 1 aromatic heterocycles. The van der Waals surface area contributed by atoms with Crippen molar-refractivity contribution in [2.75, 3.05) is 11.9 Å². The second-order valence-corrected chi connectivity index (χ2v) is 6.27. The summed E-state index contributed by atoms with van der Waals surface area (Å²) < 4.78 is 1.92. The van der Waals surface area contributed by atoms with Gasteiger partial charge in [0.2, 0.25) is 0 Å². The van der Waals surface area contributed by atoms with E-state index >= 15 is 0 Å². The van der Waals surface area contributed by atoms with Gasteiger partial charge in [-0.05, 0) is 42.1 Å². The summed E-state index contributed by atoms with van der Waals surface area (Å²) in [6.07, 6.45) is 2.59. The molecule has 0 bridgehead atoms. The standard InChI is InChI=1S/C13H23BrN4O/c1-5-18-12(19)11(14)10(7-16-18)17-13(4,8-15)6-9(2)3/h7,9,17H,5-6,8,15H2,1-4H3. The molecule has 0 spiro atoms. The lowest BCUT2D eigenvalue weighted by molar-refractivity contribution is 0.406. The first-order valence-electron chi connectivity index (χ1n) is 6.57. The Morgan fingerprint density at radius 1 is 1.58 bits per heavy atom. The van der Waals surface area contributed by atoms with E-state index in [2.05, 4.69) is 47.1 Å². The monoisotopic (exact) mass is 330 g/mol. The predicted octanol–water partition coefficient (Wildman–Crippen LogP) is 2.20. The SMILES string of the molecule is CCn1ncc(NC(C)(CN)CC(C)C)c(Br)c1=O. The molecule has 0 aliphatic carbocycles. The topological polar surface area (TPSA) is 72.9 Å². The first-order chi connectivity index (χ1) is 8.83. The van der Waals surface area contributed by atoms with Crippen molar-refractivity contribution in [3.05, 3.63) is 21.0 Å². The largest absolute Gasteiger partial charge is 0.376 e. The number of aryl methyl sites for hydroxylation is 1. The Kier molecular flexibility index (Phi) is 5.55. The van der Waals surface area contributed by atoms with E-state index in [9.17, 15) is 4.79 Å². The third kappa shape index (κ3) is 4.04. The Labute approximate surface area is 122 Å². The van der Waals surface area contributed by atoms with Crippen LogP contribution in [0.25, 0.3) is 0 Å². The minimum absolute atomic E-state index is 0.128. The average Bonchev–Trinajstić information content (AvgIpc) is 2.34. The van der Waals surface area contributed by atoms with Crippen LogP contribution in [-0.2, 0) is 6.54 Å². The number of halogens is 1. The van der Waals surface area contributed by atoms with Crippen LogP contribution in [0.5, 0.6) is 0 Å². The maximum atomic E-state index is 12.0. The molecule has 108 valence electrons. The molecule has 0 saturated heterocycles. The molecule has 1 rings (SSSR count). The van der Waals surface area contributed by atoms with E-state index in [4.69, 9.17) is 5.73 Å². The molecule has 5 nitrogen and oxygen atoms in total. The molecule has 1 aromatic rings. The maximum absolute atomic E-state index is 12.0. The van der Waals surface area contributed by atoms with Gasteiger partial charge in [-0.25, -0.2) is 4.68 Å². The average molecular weight is 331 g/mol. The summed E-state index contributed by atoms with van der Waals surface area (Å²) in [6.45, 7) is 9.30. The number of nitrogens with zero attached hydrogens (tertiary/aromatic N) is 2. The van der Waals surface area contributed by atoms with E-state index in [-0.39, 0.29) is 11.1 Å². The summed E-state index contributed by atoms with van der Waals surface area (Å²) in [7, 11) is 0. The third-order valence-corrected chi connectivity index (χ3v) is 3.80. The first-order valence-corrected chi connectivity index (χ1v) is 7.36. The lowest BCUT2D eigenvalue weighted by atomic mass is 9.90. The van der Waals surface area contributed by atoms with Crippen molar-refractivity contribution >= 4 is 21.6 Å². The van der Waals surface area contributed by atoms with Crippen LogP contribution < -0.4 is 16.6 Å². The number of nitrogens with one attached hydrogen (secondary N) is 1. The van der Waals surface area contributed by atoms with Crippen molar-refractivity contribution in [1.82, 2.24) is 9.78 Å². The molecule has 0 aliphatic rings. The summed E-state index contributed by atoms with van der Waals surface area (Å²) >= 11 is 3.34. The molecular formula is C13H23BrN4O. The highest BCUT2D eigenvalue weighted by Crippen LogP contribution is 2.24. The van der Waals surface area contributed by atoms with Gasteiger partial charge in [-0.2, -0.15) is 5.10 Å². The summed E-state index contributed by atoms with van der Waals surface area (Å²) in [5.41, 5.74) is 6.19. The Morgan fingerprint density at radius 2 is 2.21 bits per heavy atom. The van der Waals surface area contributed by atoms with Crippen molar-refractivity contribution in [3.63, 3.8) is 0 Å². The quantitative estimate of drug-likeness (QED) is 0.838. The molecule has 0 radical (unpaired) electrons. The fraction of sp³-hybridized carbons (Fsp3) is 0.692. The molecule has 1 atom stereocenters. The molecule has 3 N–H and O–H groups in total. The van der Waals surface area contributed by atoms with Gasteiger partial charge in [0.1, 0.15) is 4.47 Å². The zero-order valence-corrected chi connectivity index (χ0v) is 13.6. The minimum atomic E-state index is -0.247. The van der Waals surface area contributed by atoms with Gasteiger partial charge in [0, 0.05) is 18.6 Å². The van der Waals surface area contributed by atoms with Crippen molar-refractivity contribution in [2.24, 2.45) is 11.7 Å². The lowest BCUT2D eigenvalue weighted by Gasteiger charge is -2.32. The van der Waals surface area contributed by atoms with Gasteiger partial charge in [0.25, 0.3) is 5.56 Å². The van der Waals surface area contributed by atoms with Crippen LogP contribution in [-0.4, -0.2) is 21.9 Å². The molecule has 0 saturated carbocycles. The van der Waals surface area contributed by atoms with Gasteiger partial charge in [-0.3, -0.25) is 4.79 Å². The fourth-order valence-corrected chi connectivity index (χ4v) is 2.60. The molecule has 0 amide bonds. The highest BCUT2D eigenvalue weighted by atomic mass is 79.9. The highest BCUT2D eigenvalue weighted by Gasteiger charge is 2.25. The fourth-order valence-electron chi connectivity index (χ4n) is 2.19. The van der Waals surface area contributed by atoms with Crippen LogP contribution in [0, 0.1) is 5.92 Å². The number of aromatic nitrogens is 2. The second kappa shape index (κ2) is 6.52. The lowest BCUT2D eigenvalue weighted by Crippen LogP contribution is -2.44. The van der Waals surface area contributed by atoms with Gasteiger partial charge >= 0.3 is 0 Å². The van der Waals surface area contributed by atoms with Crippen LogP contribution in [0.4, 0.5) is 5.69 Å². The molecule has 1 heterocycles. The van der Waals surface area contributed by atoms with Crippen molar-refractivity contribution in [3.8, 4) is 0 Å². The van der Waals surface area contributed by atoms with Gasteiger partial charge in [-0.15, -0.1) is 0 Å². The van der Waals surface area contributed by atoms with E-state index in [0.717, 1.165) is 6.42 Å². The minimum Gasteiger partial charge on any atom is -0.376 e. The third-order valence-electron chi connectivity index (χ3n) is 3.03. The number of nitrogens with two attached hydrogens (primary N) is 1. The van der Waals surface area contributed by atoms with E-state index in [1.165, 1.54) is 4.68 Å². The molecule has 19 heavy (non-hydrogen) atoms. The van der Waals surface area contributed by atoms with Gasteiger partial charge in [0.05, 0.1) is 11.9 Å². The number of hydrogen-bond donors (Lipinski definition) is 2. The van der Waals surface area contributed by atoms with Crippen LogP contribution in [0.2, 0.25) is 0 Å². The summed E-state index contributed by atoms with van der Waals surface area (Å²) in [4.78, 5) is 12.0. The number of anilines is 1. The normalized spacial score (nSPS) is 14.5. The number of rotatable bonds is 6. The Hall–Kier alpha value is -0.880. The van der Waals surface area contributed by atoms with E-state index in [1.807, 2.05) is 6.92 Å². The van der Waals surface area contributed by atoms with Crippen molar-refractivity contribution in [2.45, 2.75) is 46.2 Å². The summed E-state index contributed by atoms with van der Waals surface area (Å²) in [6, 6.07) is 0. The number of hydrogen-bond acceptors (Lipinski definition) is 4. The van der Waals surface area contributed by atoms with Crippen LogP contribution >= 0.6 is 15.9 Å². The zero-order chi connectivity index (χ0) is 14.6. The van der Waals surface area contributed by atoms with E-state index < -0.39 is 0 Å². The van der Waals surface area contributed by atoms with Crippen molar-refractivity contribution in [1.29, 1.82) is 0 Å². The van der Waals surface area contributed by atoms with Crippen molar-refractivity contribution < 1.29 is 0 Å². The molecule has 1 unspecified atom stereocenters.